The summed E-state index contributed by atoms with van der Waals surface area (Å²) in [5.41, 5.74) is 7.74. The van der Waals surface area contributed by atoms with Gasteiger partial charge >= 0.3 is 5.97 Å². The molecule has 2 N–H and O–H groups in total. The highest BCUT2D eigenvalue weighted by Gasteiger charge is 2.15. The molecule has 0 saturated heterocycles. The molecular formula is C16H16ClNO2. The number of carbonyl (C=O) groups excluding carboxylic acids is 1. The molecule has 20 heavy (non-hydrogen) atoms. The third kappa shape index (κ3) is 4.37. The van der Waals surface area contributed by atoms with E-state index in [1.165, 1.54) is 0 Å². The maximum atomic E-state index is 11.8. The Morgan fingerprint density at radius 1 is 1.05 bits per heavy atom. The molecule has 0 spiro atoms. The molecule has 0 saturated carbocycles. The number of carbonyl (C=O) groups is 1. The molecule has 0 unspecified atom stereocenters. The van der Waals surface area contributed by atoms with Crippen LogP contribution in [0.5, 0.6) is 0 Å². The van der Waals surface area contributed by atoms with E-state index in [0.29, 0.717) is 11.4 Å². The molecule has 0 fully saturated rings. The highest BCUT2D eigenvalue weighted by Crippen LogP contribution is 2.11. The minimum absolute atomic E-state index is 0.207. The van der Waals surface area contributed by atoms with Crippen LogP contribution in [0.4, 0.5) is 0 Å². The molecule has 2 aromatic carbocycles. The molecule has 104 valence electrons. The second-order valence-corrected chi connectivity index (χ2v) is 4.97. The molecule has 0 aliphatic heterocycles. The van der Waals surface area contributed by atoms with Crippen LogP contribution in [0.25, 0.3) is 0 Å². The van der Waals surface area contributed by atoms with E-state index >= 15 is 0 Å². The van der Waals surface area contributed by atoms with Crippen molar-refractivity contribution in [2.24, 2.45) is 5.73 Å². The highest BCUT2D eigenvalue weighted by atomic mass is 35.5. The molecule has 3 nitrogen and oxygen atoms in total. The van der Waals surface area contributed by atoms with E-state index in [1.54, 1.807) is 12.1 Å². The minimum atomic E-state index is -0.648. The second kappa shape index (κ2) is 7.08. The van der Waals surface area contributed by atoms with Crippen LogP contribution in [-0.4, -0.2) is 12.0 Å². The number of nitrogens with two attached hydrogens (primary N) is 1. The SMILES string of the molecule is N[C@H](Cc1ccccc1)C(=O)OCc1ccc(Cl)cc1. The summed E-state index contributed by atoms with van der Waals surface area (Å²) in [6, 6.07) is 16.1. The van der Waals surface area contributed by atoms with Crippen molar-refractivity contribution < 1.29 is 9.53 Å². The Morgan fingerprint density at radius 3 is 2.35 bits per heavy atom. The van der Waals surface area contributed by atoms with Crippen molar-refractivity contribution in [3.63, 3.8) is 0 Å². The number of benzene rings is 2. The second-order valence-electron chi connectivity index (χ2n) is 4.53. The molecule has 0 aliphatic carbocycles. The van der Waals surface area contributed by atoms with Crippen LogP contribution < -0.4 is 5.73 Å². The Morgan fingerprint density at radius 2 is 1.70 bits per heavy atom. The molecule has 0 bridgehead atoms. The summed E-state index contributed by atoms with van der Waals surface area (Å²) in [5, 5.41) is 0.654. The van der Waals surface area contributed by atoms with Gasteiger partial charge in [0.2, 0.25) is 0 Å². The number of rotatable bonds is 5. The fourth-order valence-electron chi connectivity index (χ4n) is 1.79. The molecule has 1 atom stereocenters. The van der Waals surface area contributed by atoms with E-state index in [-0.39, 0.29) is 6.61 Å². The summed E-state index contributed by atoms with van der Waals surface area (Å²) in [5.74, 6) is -0.399. The topological polar surface area (TPSA) is 52.3 Å². The zero-order valence-electron chi connectivity index (χ0n) is 11.0. The lowest BCUT2D eigenvalue weighted by molar-refractivity contribution is -0.146. The predicted molar refractivity (Wildman–Crippen MR) is 79.4 cm³/mol. The maximum absolute atomic E-state index is 11.8. The van der Waals surface area contributed by atoms with E-state index in [0.717, 1.165) is 11.1 Å². The van der Waals surface area contributed by atoms with Crippen LogP contribution in [-0.2, 0) is 22.6 Å². The number of ether oxygens (including phenoxy) is 1. The van der Waals surface area contributed by atoms with Crippen molar-refractivity contribution >= 4 is 17.6 Å². The van der Waals surface area contributed by atoms with Gasteiger partial charge in [0.25, 0.3) is 0 Å². The summed E-state index contributed by atoms with van der Waals surface area (Å²) in [6.45, 7) is 0.207. The summed E-state index contributed by atoms with van der Waals surface area (Å²) in [4.78, 5) is 11.8. The van der Waals surface area contributed by atoms with Crippen molar-refractivity contribution in [1.82, 2.24) is 0 Å². The third-order valence-electron chi connectivity index (χ3n) is 2.90. The van der Waals surface area contributed by atoms with Gasteiger partial charge in [-0.05, 0) is 29.7 Å². The maximum Gasteiger partial charge on any atom is 0.323 e. The van der Waals surface area contributed by atoms with Gasteiger partial charge in [0.15, 0.2) is 0 Å². The first-order valence-corrected chi connectivity index (χ1v) is 6.73. The Labute approximate surface area is 123 Å². The molecule has 2 rings (SSSR count). The van der Waals surface area contributed by atoms with E-state index in [4.69, 9.17) is 22.1 Å². The van der Waals surface area contributed by atoms with Gasteiger partial charge < -0.3 is 10.5 Å². The van der Waals surface area contributed by atoms with Gasteiger partial charge in [0.05, 0.1) is 0 Å². The number of hydrogen-bond acceptors (Lipinski definition) is 3. The molecule has 0 aromatic heterocycles. The lowest BCUT2D eigenvalue weighted by Crippen LogP contribution is -2.34. The number of hydrogen-bond donors (Lipinski definition) is 1. The highest BCUT2D eigenvalue weighted by molar-refractivity contribution is 6.30. The van der Waals surface area contributed by atoms with Crippen LogP contribution in [0.15, 0.2) is 54.6 Å². The number of esters is 1. The quantitative estimate of drug-likeness (QED) is 0.861. The van der Waals surface area contributed by atoms with E-state index in [1.807, 2.05) is 42.5 Å². The van der Waals surface area contributed by atoms with Gasteiger partial charge in [-0.1, -0.05) is 54.1 Å². The smallest absolute Gasteiger partial charge is 0.323 e. The lowest BCUT2D eigenvalue weighted by atomic mass is 10.1. The molecule has 0 heterocycles. The van der Waals surface area contributed by atoms with Crippen molar-refractivity contribution in [3.05, 3.63) is 70.7 Å². The largest absolute Gasteiger partial charge is 0.460 e. The first-order valence-electron chi connectivity index (χ1n) is 6.36. The summed E-state index contributed by atoms with van der Waals surface area (Å²) in [7, 11) is 0. The molecular weight excluding hydrogens is 274 g/mol. The van der Waals surface area contributed by atoms with Crippen LogP contribution >= 0.6 is 11.6 Å². The molecule has 0 radical (unpaired) electrons. The third-order valence-corrected chi connectivity index (χ3v) is 3.15. The van der Waals surface area contributed by atoms with E-state index < -0.39 is 12.0 Å². The Bertz CT molecular complexity index is 554. The zero-order valence-corrected chi connectivity index (χ0v) is 11.7. The molecule has 2 aromatic rings. The minimum Gasteiger partial charge on any atom is -0.460 e. The fourth-order valence-corrected chi connectivity index (χ4v) is 1.92. The van der Waals surface area contributed by atoms with Gasteiger partial charge in [-0.2, -0.15) is 0 Å². The Kier molecular flexibility index (Phi) is 5.16. The molecule has 4 heteroatoms. The lowest BCUT2D eigenvalue weighted by Gasteiger charge is -2.11. The van der Waals surface area contributed by atoms with Gasteiger partial charge in [-0.15, -0.1) is 0 Å². The van der Waals surface area contributed by atoms with Crippen molar-refractivity contribution in [2.75, 3.05) is 0 Å². The predicted octanol–water partition coefficient (Wildman–Crippen LogP) is 2.95. The van der Waals surface area contributed by atoms with E-state index in [2.05, 4.69) is 0 Å². The standard InChI is InChI=1S/C16H16ClNO2/c17-14-8-6-13(7-9-14)11-20-16(19)15(18)10-12-4-2-1-3-5-12/h1-9,15H,10-11,18H2/t15-/m1/s1. The van der Waals surface area contributed by atoms with Crippen molar-refractivity contribution in [3.8, 4) is 0 Å². The zero-order chi connectivity index (χ0) is 14.4. The van der Waals surface area contributed by atoms with Crippen molar-refractivity contribution in [1.29, 1.82) is 0 Å². The summed E-state index contributed by atoms with van der Waals surface area (Å²) >= 11 is 5.79. The van der Waals surface area contributed by atoms with Crippen molar-refractivity contribution in [2.45, 2.75) is 19.1 Å². The van der Waals surface area contributed by atoms with E-state index in [9.17, 15) is 4.79 Å². The van der Waals surface area contributed by atoms with Gasteiger partial charge in [-0.3, -0.25) is 4.79 Å². The first-order chi connectivity index (χ1) is 9.65. The molecule has 0 aliphatic rings. The summed E-state index contributed by atoms with van der Waals surface area (Å²) < 4.78 is 5.19. The Hall–Kier alpha value is -1.84. The number of halogens is 1. The van der Waals surface area contributed by atoms with Gasteiger partial charge in [-0.25, -0.2) is 0 Å². The molecule has 0 amide bonds. The van der Waals surface area contributed by atoms with Crippen LogP contribution in [0, 0.1) is 0 Å². The fraction of sp³-hybridized carbons (Fsp3) is 0.188. The average molecular weight is 290 g/mol. The normalized spacial score (nSPS) is 11.9. The monoisotopic (exact) mass is 289 g/mol. The first kappa shape index (κ1) is 14.6. The average Bonchev–Trinajstić information content (AvgIpc) is 2.47. The Balaban J connectivity index is 1.83. The van der Waals surface area contributed by atoms with Crippen LogP contribution in [0.2, 0.25) is 5.02 Å². The van der Waals surface area contributed by atoms with Crippen LogP contribution in [0.3, 0.4) is 0 Å². The van der Waals surface area contributed by atoms with Gasteiger partial charge in [0.1, 0.15) is 12.6 Å². The van der Waals surface area contributed by atoms with Gasteiger partial charge in [0, 0.05) is 5.02 Å². The van der Waals surface area contributed by atoms with Crippen LogP contribution in [0.1, 0.15) is 11.1 Å². The summed E-state index contributed by atoms with van der Waals surface area (Å²) in [6.07, 6.45) is 0.473.